The fourth-order valence-corrected chi connectivity index (χ4v) is 6.43. The van der Waals surface area contributed by atoms with Crippen LogP contribution in [0.4, 0.5) is 0 Å². The van der Waals surface area contributed by atoms with Crippen molar-refractivity contribution in [3.63, 3.8) is 0 Å². The van der Waals surface area contributed by atoms with Crippen LogP contribution >= 0.6 is 0 Å². The van der Waals surface area contributed by atoms with Crippen LogP contribution in [-0.2, 0) is 52.7 Å². The van der Waals surface area contributed by atoms with Crippen LogP contribution in [0.15, 0.2) is 72.8 Å². The summed E-state index contributed by atoms with van der Waals surface area (Å²) in [5.41, 5.74) is 2.15. The smallest absolute Gasteiger partial charge is 0.328 e. The van der Waals surface area contributed by atoms with Crippen LogP contribution in [0.3, 0.4) is 0 Å². The van der Waals surface area contributed by atoms with E-state index in [9.17, 15) is 34.2 Å². The normalized spacial score (nSPS) is 14.3. The molecule has 3 aromatic rings. The first-order valence-corrected chi connectivity index (χ1v) is 19.4. The topological polar surface area (TPSA) is 175 Å². The van der Waals surface area contributed by atoms with E-state index in [0.29, 0.717) is 29.7 Å². The largest absolute Gasteiger partial charge is 0.508 e. The van der Waals surface area contributed by atoms with Crippen LogP contribution in [-0.4, -0.2) is 127 Å². The molecule has 0 saturated carbocycles. The summed E-state index contributed by atoms with van der Waals surface area (Å²) in [5, 5.41) is 22.6. The minimum Gasteiger partial charge on any atom is -0.508 e. The molecule has 58 heavy (non-hydrogen) atoms. The van der Waals surface area contributed by atoms with Gasteiger partial charge in [0.15, 0.2) is 6.10 Å². The van der Waals surface area contributed by atoms with Gasteiger partial charge in [-0.05, 0) is 85.9 Å². The molecule has 0 bridgehead atoms. The van der Waals surface area contributed by atoms with E-state index in [1.165, 1.54) is 55.3 Å². The lowest BCUT2D eigenvalue weighted by Gasteiger charge is -2.36. The van der Waals surface area contributed by atoms with Gasteiger partial charge in [0.1, 0.15) is 41.4 Å². The molecule has 0 spiro atoms. The lowest BCUT2D eigenvalue weighted by Crippen LogP contribution is -2.59. The number of nitrogens with zero attached hydrogens (tertiary/aromatic N) is 3. The Bertz CT molecular complexity index is 1820. The van der Waals surface area contributed by atoms with Crippen LogP contribution in [0.5, 0.6) is 17.2 Å². The van der Waals surface area contributed by atoms with Crippen LogP contribution in [0, 0.1) is 11.8 Å². The van der Waals surface area contributed by atoms with Crippen molar-refractivity contribution in [3.8, 4) is 17.2 Å². The summed E-state index contributed by atoms with van der Waals surface area (Å²) in [6.45, 7) is 7.18. The fraction of sp³-hybridized carbons (Fsp3) is 0.477. The van der Waals surface area contributed by atoms with Crippen molar-refractivity contribution in [1.29, 1.82) is 0 Å². The highest BCUT2D eigenvalue weighted by Gasteiger charge is 2.40. The minimum absolute atomic E-state index is 0.00475. The number of amides is 3. The molecular weight excluding hydrogens is 745 g/mol. The summed E-state index contributed by atoms with van der Waals surface area (Å²) in [6.07, 6.45) is -0.341. The van der Waals surface area contributed by atoms with Crippen LogP contribution in [0.2, 0.25) is 0 Å². The van der Waals surface area contributed by atoms with Gasteiger partial charge in [0.05, 0.1) is 14.2 Å². The molecule has 316 valence electrons. The number of hydrogen-bond acceptors (Lipinski definition) is 11. The number of carbonyl (C=O) groups is 5. The molecule has 0 saturated heterocycles. The Morgan fingerprint density at radius 3 is 1.52 bits per heavy atom. The lowest BCUT2D eigenvalue weighted by molar-refractivity contribution is -0.164. The SMILES string of the molecule is CC[C@H](C)[C@@H](OC(=O)[C@H](Cc1ccc(OC)cc1)N(C)C)C(=O)N[C@H](C(=O)N(C)[C@@H](Cc1ccc(O)cc1)C(=O)N(C)[C@H](Cc1ccc(O)cc1)C(=O)OC)C(C)C. The Hall–Kier alpha value is -5.63. The first-order chi connectivity index (χ1) is 27.4. The Labute approximate surface area is 342 Å². The Morgan fingerprint density at radius 2 is 1.09 bits per heavy atom. The van der Waals surface area contributed by atoms with E-state index in [-0.39, 0.29) is 24.3 Å². The van der Waals surface area contributed by atoms with Gasteiger partial charge in [0.2, 0.25) is 11.8 Å². The molecule has 0 fully saturated rings. The Balaban J connectivity index is 1.92. The van der Waals surface area contributed by atoms with Gasteiger partial charge in [-0.3, -0.25) is 24.1 Å². The first kappa shape index (κ1) is 46.8. The van der Waals surface area contributed by atoms with E-state index in [1.54, 1.807) is 83.3 Å². The number of nitrogens with one attached hydrogen (secondary N) is 1. The highest BCUT2D eigenvalue weighted by atomic mass is 16.6. The van der Waals surface area contributed by atoms with Crippen LogP contribution < -0.4 is 10.1 Å². The maximum Gasteiger partial charge on any atom is 0.328 e. The molecule has 0 heterocycles. The third kappa shape index (κ3) is 12.7. The number of esters is 2. The summed E-state index contributed by atoms with van der Waals surface area (Å²) in [4.78, 5) is 74.2. The summed E-state index contributed by atoms with van der Waals surface area (Å²) < 4.78 is 16.3. The fourth-order valence-electron chi connectivity index (χ4n) is 6.43. The number of aromatic hydroxyl groups is 2. The number of likely N-dealkylation sites (N-methyl/N-ethyl adjacent to an activating group) is 3. The first-order valence-electron chi connectivity index (χ1n) is 19.4. The second-order valence-electron chi connectivity index (χ2n) is 15.2. The predicted octanol–water partition coefficient (Wildman–Crippen LogP) is 3.99. The lowest BCUT2D eigenvalue weighted by atomic mass is 9.96. The third-order valence-corrected chi connectivity index (χ3v) is 10.5. The second kappa shape index (κ2) is 21.8. The number of benzene rings is 3. The molecule has 0 radical (unpaired) electrons. The van der Waals surface area contributed by atoms with Crippen LogP contribution in [0.25, 0.3) is 0 Å². The van der Waals surface area contributed by atoms with E-state index < -0.39 is 71.8 Å². The van der Waals surface area contributed by atoms with Crippen molar-refractivity contribution in [1.82, 2.24) is 20.0 Å². The predicted molar refractivity (Wildman–Crippen MR) is 219 cm³/mol. The van der Waals surface area contributed by atoms with E-state index in [4.69, 9.17) is 14.2 Å². The molecule has 0 aliphatic carbocycles. The molecule has 3 N–H and O–H groups in total. The number of hydrogen-bond donors (Lipinski definition) is 3. The maximum atomic E-state index is 14.5. The van der Waals surface area contributed by atoms with Crippen molar-refractivity contribution >= 4 is 29.7 Å². The van der Waals surface area contributed by atoms with Crippen LogP contribution in [0.1, 0.15) is 50.8 Å². The van der Waals surface area contributed by atoms with Gasteiger partial charge < -0.3 is 39.5 Å². The average molecular weight is 805 g/mol. The summed E-state index contributed by atoms with van der Waals surface area (Å²) >= 11 is 0. The van der Waals surface area contributed by atoms with Gasteiger partial charge in [-0.25, -0.2) is 4.79 Å². The van der Waals surface area contributed by atoms with Crippen molar-refractivity contribution in [2.24, 2.45) is 11.8 Å². The highest BCUT2D eigenvalue weighted by molar-refractivity contribution is 5.95. The number of carbonyl (C=O) groups excluding carboxylic acids is 5. The van der Waals surface area contributed by atoms with Crippen molar-refractivity contribution < 1.29 is 48.4 Å². The van der Waals surface area contributed by atoms with E-state index in [0.717, 1.165) is 5.56 Å². The van der Waals surface area contributed by atoms with Crippen molar-refractivity contribution in [3.05, 3.63) is 89.5 Å². The zero-order chi connectivity index (χ0) is 43.3. The maximum absolute atomic E-state index is 14.5. The zero-order valence-electron chi connectivity index (χ0n) is 35.3. The van der Waals surface area contributed by atoms with Gasteiger partial charge in [-0.15, -0.1) is 0 Å². The number of methoxy groups -OCH3 is 2. The third-order valence-electron chi connectivity index (χ3n) is 10.5. The number of ether oxygens (including phenoxy) is 3. The standard InChI is InChI=1S/C44H60N4O10/c1-11-28(4)39(58-44(55)36(46(5)6)25-31-16-22-34(56-9)23-17-31)40(51)45-38(27(2)3)42(53)47(7)35(24-29-12-18-32(49)19-13-29)41(52)48(8)37(43(54)57-10)26-30-14-20-33(50)21-15-30/h12-23,27-28,35-39,49-50H,11,24-26H2,1-10H3,(H,45,51)/t28-,35-,36-,37+,38-,39+/m0/s1. The average Bonchev–Trinajstić information content (AvgIpc) is 3.21. The molecule has 14 nitrogen and oxygen atoms in total. The molecule has 3 rings (SSSR count). The van der Waals surface area contributed by atoms with Gasteiger partial charge in [0.25, 0.3) is 5.91 Å². The molecule has 0 unspecified atom stereocenters. The zero-order valence-corrected chi connectivity index (χ0v) is 35.3. The monoisotopic (exact) mass is 804 g/mol. The molecule has 0 aromatic heterocycles. The van der Waals surface area contributed by atoms with Crippen molar-refractivity contribution in [2.75, 3.05) is 42.4 Å². The molecular formula is C44H60N4O10. The summed E-state index contributed by atoms with van der Waals surface area (Å²) in [5.74, 6) is -3.22. The molecule has 3 amide bonds. The van der Waals surface area contributed by atoms with Gasteiger partial charge >= 0.3 is 11.9 Å². The Morgan fingerprint density at radius 1 is 0.638 bits per heavy atom. The van der Waals surface area contributed by atoms with Crippen molar-refractivity contribution in [2.45, 2.75) is 83.6 Å². The minimum atomic E-state index is -1.23. The summed E-state index contributed by atoms with van der Waals surface area (Å²) in [7, 11) is 9.21. The van der Waals surface area contributed by atoms with E-state index in [1.807, 2.05) is 19.1 Å². The molecule has 6 atom stereocenters. The molecule has 14 heteroatoms. The quantitative estimate of drug-likeness (QED) is 0.141. The number of phenols is 2. The van der Waals surface area contributed by atoms with Gasteiger partial charge in [-0.1, -0.05) is 64.1 Å². The molecule has 0 aliphatic rings. The van der Waals surface area contributed by atoms with Gasteiger partial charge in [-0.2, -0.15) is 0 Å². The number of rotatable bonds is 20. The number of phenolic OH excluding ortho intramolecular Hbond substituents is 2. The van der Waals surface area contributed by atoms with E-state index in [2.05, 4.69) is 5.32 Å². The Kier molecular flexibility index (Phi) is 17.5. The molecule has 3 aromatic carbocycles. The highest BCUT2D eigenvalue weighted by Crippen LogP contribution is 2.22. The summed E-state index contributed by atoms with van der Waals surface area (Å²) in [6, 6.07) is 15.6. The molecule has 0 aliphatic heterocycles. The van der Waals surface area contributed by atoms with Gasteiger partial charge in [0, 0.05) is 32.9 Å². The second-order valence-corrected chi connectivity index (χ2v) is 15.2. The van der Waals surface area contributed by atoms with E-state index >= 15 is 0 Å².